The third kappa shape index (κ3) is 3.35. The van der Waals surface area contributed by atoms with E-state index in [2.05, 4.69) is 5.32 Å². The van der Waals surface area contributed by atoms with E-state index in [1.165, 1.54) is 0 Å². The Balaban J connectivity index is 1.82. The Morgan fingerprint density at radius 1 is 1.04 bits per heavy atom. The summed E-state index contributed by atoms with van der Waals surface area (Å²) in [5, 5.41) is 2.81. The molecule has 3 rings (SSSR count). The van der Waals surface area contributed by atoms with Crippen LogP contribution in [-0.4, -0.2) is 26.0 Å². The zero-order chi connectivity index (χ0) is 18.7. The molecule has 2 aromatic rings. The van der Waals surface area contributed by atoms with Crippen molar-refractivity contribution in [3.63, 3.8) is 0 Å². The van der Waals surface area contributed by atoms with E-state index in [4.69, 9.17) is 15.2 Å². The Morgan fingerprint density at radius 3 is 2.23 bits per heavy atom. The Labute approximate surface area is 152 Å². The van der Waals surface area contributed by atoms with E-state index in [0.29, 0.717) is 11.3 Å². The summed E-state index contributed by atoms with van der Waals surface area (Å²) in [6.45, 7) is 0. The number of benzene rings is 2. The maximum absolute atomic E-state index is 12.9. The number of amides is 2. The highest BCUT2D eigenvalue weighted by Crippen LogP contribution is 2.49. The van der Waals surface area contributed by atoms with Gasteiger partial charge in [-0.05, 0) is 48.2 Å². The summed E-state index contributed by atoms with van der Waals surface area (Å²) in [5.41, 5.74) is 6.43. The van der Waals surface area contributed by atoms with Gasteiger partial charge in [-0.1, -0.05) is 24.3 Å². The van der Waals surface area contributed by atoms with Crippen molar-refractivity contribution in [1.29, 1.82) is 0 Å². The van der Waals surface area contributed by atoms with Crippen LogP contribution in [0.1, 0.15) is 30.0 Å². The fourth-order valence-corrected chi connectivity index (χ4v) is 3.09. The van der Waals surface area contributed by atoms with Gasteiger partial charge in [0.2, 0.25) is 11.8 Å². The molecular formula is C20H22N2O4. The first-order valence-corrected chi connectivity index (χ1v) is 8.39. The average molecular weight is 354 g/mol. The van der Waals surface area contributed by atoms with E-state index < -0.39 is 17.4 Å². The molecule has 0 heterocycles. The largest absolute Gasteiger partial charge is 0.497 e. The second kappa shape index (κ2) is 7.07. The van der Waals surface area contributed by atoms with Gasteiger partial charge >= 0.3 is 0 Å². The number of nitrogens with two attached hydrogens (primary N) is 1. The van der Waals surface area contributed by atoms with Gasteiger partial charge in [0.15, 0.2) is 0 Å². The maximum Gasteiger partial charge on any atom is 0.244 e. The average Bonchev–Trinajstić information content (AvgIpc) is 3.48. The lowest BCUT2D eigenvalue weighted by Gasteiger charge is -2.21. The number of ether oxygens (including phenoxy) is 2. The van der Waals surface area contributed by atoms with Crippen molar-refractivity contribution in [2.45, 2.75) is 24.3 Å². The molecule has 0 spiro atoms. The van der Waals surface area contributed by atoms with Gasteiger partial charge in [0.05, 0.1) is 19.6 Å². The number of hydrogen-bond donors (Lipinski definition) is 2. The standard InChI is InChI=1S/C20H22N2O4/c1-25-15-8-6-14(7-9-15)20(10-11-20)19(24)22-17(18(21)23)13-4-3-5-16(12-13)26-2/h3-9,12,17H,10-11H2,1-2H3,(H2,21,23)(H,22,24). The maximum atomic E-state index is 12.9. The summed E-state index contributed by atoms with van der Waals surface area (Å²) in [4.78, 5) is 24.9. The molecule has 0 radical (unpaired) electrons. The van der Waals surface area contributed by atoms with Gasteiger partial charge in [0, 0.05) is 0 Å². The molecule has 136 valence electrons. The molecule has 2 aromatic carbocycles. The SMILES string of the molecule is COc1ccc(C2(C(=O)NC(C(N)=O)c3cccc(OC)c3)CC2)cc1. The molecule has 1 unspecified atom stereocenters. The number of hydrogen-bond acceptors (Lipinski definition) is 4. The van der Waals surface area contributed by atoms with Gasteiger partial charge in [-0.2, -0.15) is 0 Å². The first kappa shape index (κ1) is 17.8. The Hall–Kier alpha value is -3.02. The molecule has 1 aliphatic rings. The summed E-state index contributed by atoms with van der Waals surface area (Å²) in [5.74, 6) is 0.516. The third-order valence-electron chi connectivity index (χ3n) is 4.81. The predicted octanol–water partition coefficient (Wildman–Crippen LogP) is 2.08. The number of nitrogens with one attached hydrogen (secondary N) is 1. The summed E-state index contributed by atoms with van der Waals surface area (Å²) in [6.07, 6.45) is 1.46. The fourth-order valence-electron chi connectivity index (χ4n) is 3.09. The van der Waals surface area contributed by atoms with Crippen molar-refractivity contribution in [2.75, 3.05) is 14.2 Å². The van der Waals surface area contributed by atoms with Crippen LogP contribution in [0.4, 0.5) is 0 Å². The summed E-state index contributed by atoms with van der Waals surface area (Å²) >= 11 is 0. The molecule has 1 fully saturated rings. The number of carbonyl (C=O) groups excluding carboxylic acids is 2. The van der Waals surface area contributed by atoms with Gasteiger partial charge in [-0.15, -0.1) is 0 Å². The second-order valence-corrected chi connectivity index (χ2v) is 6.40. The smallest absolute Gasteiger partial charge is 0.244 e. The molecule has 0 bridgehead atoms. The zero-order valence-electron chi connectivity index (χ0n) is 14.8. The van der Waals surface area contributed by atoms with Crippen LogP contribution in [0.3, 0.4) is 0 Å². The van der Waals surface area contributed by atoms with Crippen LogP contribution in [0.15, 0.2) is 48.5 Å². The van der Waals surface area contributed by atoms with Gasteiger partial charge in [-0.25, -0.2) is 0 Å². The van der Waals surface area contributed by atoms with Crippen LogP contribution in [0.25, 0.3) is 0 Å². The molecular weight excluding hydrogens is 332 g/mol. The van der Waals surface area contributed by atoms with Crippen LogP contribution in [-0.2, 0) is 15.0 Å². The van der Waals surface area contributed by atoms with Gasteiger partial charge in [0.25, 0.3) is 0 Å². The minimum Gasteiger partial charge on any atom is -0.497 e. The molecule has 3 N–H and O–H groups in total. The minimum atomic E-state index is -0.909. The van der Waals surface area contributed by atoms with Crippen molar-refractivity contribution >= 4 is 11.8 Å². The number of methoxy groups -OCH3 is 2. The normalized spacial score (nSPS) is 15.6. The van der Waals surface area contributed by atoms with E-state index in [0.717, 1.165) is 24.2 Å². The van der Waals surface area contributed by atoms with Gasteiger partial charge < -0.3 is 20.5 Å². The molecule has 26 heavy (non-hydrogen) atoms. The Bertz CT molecular complexity index is 813. The molecule has 2 amide bonds. The first-order valence-electron chi connectivity index (χ1n) is 8.39. The second-order valence-electron chi connectivity index (χ2n) is 6.40. The summed E-state index contributed by atoms with van der Waals surface area (Å²) in [7, 11) is 3.14. The molecule has 1 saturated carbocycles. The fraction of sp³-hybridized carbons (Fsp3) is 0.300. The molecule has 6 nitrogen and oxygen atoms in total. The highest BCUT2D eigenvalue weighted by atomic mass is 16.5. The van der Waals surface area contributed by atoms with Crippen LogP contribution < -0.4 is 20.5 Å². The Morgan fingerprint density at radius 2 is 1.69 bits per heavy atom. The van der Waals surface area contributed by atoms with E-state index in [1.807, 2.05) is 24.3 Å². The predicted molar refractivity (Wildman–Crippen MR) is 97.0 cm³/mol. The molecule has 0 saturated heterocycles. The van der Waals surface area contributed by atoms with E-state index in [1.54, 1.807) is 38.5 Å². The topological polar surface area (TPSA) is 90.6 Å². The van der Waals surface area contributed by atoms with E-state index in [9.17, 15) is 9.59 Å². The lowest BCUT2D eigenvalue weighted by molar-refractivity contribution is -0.129. The monoisotopic (exact) mass is 354 g/mol. The lowest BCUT2D eigenvalue weighted by atomic mass is 9.94. The highest BCUT2D eigenvalue weighted by Gasteiger charge is 2.51. The highest BCUT2D eigenvalue weighted by molar-refractivity contribution is 5.95. The zero-order valence-corrected chi connectivity index (χ0v) is 14.8. The number of rotatable bonds is 7. The van der Waals surface area contributed by atoms with Gasteiger partial charge in [0.1, 0.15) is 17.5 Å². The van der Waals surface area contributed by atoms with E-state index >= 15 is 0 Å². The number of primary amides is 1. The lowest BCUT2D eigenvalue weighted by Crippen LogP contribution is -2.42. The van der Waals surface area contributed by atoms with Crippen LogP contribution in [0.5, 0.6) is 11.5 Å². The quantitative estimate of drug-likeness (QED) is 0.796. The molecule has 0 aromatic heterocycles. The van der Waals surface area contributed by atoms with Gasteiger partial charge in [-0.3, -0.25) is 9.59 Å². The molecule has 1 atom stereocenters. The van der Waals surface area contributed by atoms with Crippen molar-refractivity contribution in [2.24, 2.45) is 5.73 Å². The van der Waals surface area contributed by atoms with Crippen LogP contribution >= 0.6 is 0 Å². The van der Waals surface area contributed by atoms with Crippen LogP contribution in [0.2, 0.25) is 0 Å². The molecule has 0 aliphatic heterocycles. The third-order valence-corrected chi connectivity index (χ3v) is 4.81. The van der Waals surface area contributed by atoms with Crippen molar-refractivity contribution in [3.05, 3.63) is 59.7 Å². The molecule has 6 heteroatoms. The van der Waals surface area contributed by atoms with Crippen LogP contribution in [0, 0.1) is 0 Å². The molecule has 1 aliphatic carbocycles. The Kier molecular flexibility index (Phi) is 4.84. The minimum absolute atomic E-state index is 0.200. The van der Waals surface area contributed by atoms with Crippen molar-refractivity contribution in [3.8, 4) is 11.5 Å². The summed E-state index contributed by atoms with van der Waals surface area (Å²) < 4.78 is 10.3. The number of carbonyl (C=O) groups is 2. The first-order chi connectivity index (χ1) is 12.5. The van der Waals surface area contributed by atoms with E-state index in [-0.39, 0.29) is 5.91 Å². The van der Waals surface area contributed by atoms with Crippen molar-refractivity contribution < 1.29 is 19.1 Å². The summed E-state index contributed by atoms with van der Waals surface area (Å²) in [6, 6.07) is 13.5. The van der Waals surface area contributed by atoms with Crippen molar-refractivity contribution in [1.82, 2.24) is 5.32 Å².